The molecular weight excluding hydrogens is 278 g/mol. The molecule has 2 rings (SSSR count). The number of amides is 1. The number of rotatable bonds is 4. The van der Waals surface area contributed by atoms with E-state index in [1.165, 1.54) is 12.0 Å². The van der Waals surface area contributed by atoms with Gasteiger partial charge in [-0.25, -0.2) is 0 Å². The lowest BCUT2D eigenvalue weighted by molar-refractivity contribution is -0.131. The van der Waals surface area contributed by atoms with Crippen LogP contribution in [-0.2, 0) is 10.5 Å². The summed E-state index contributed by atoms with van der Waals surface area (Å²) in [6.45, 7) is 3.09. The monoisotopic (exact) mass is 297 g/mol. The van der Waals surface area contributed by atoms with Crippen LogP contribution in [0.2, 0.25) is 5.02 Å². The Kier molecular flexibility index (Phi) is 5.59. The largest absolute Gasteiger partial charge is 0.339 e. The van der Waals surface area contributed by atoms with Crippen molar-refractivity contribution < 1.29 is 4.79 Å². The zero-order chi connectivity index (χ0) is 13.7. The predicted molar refractivity (Wildman–Crippen MR) is 82.6 cm³/mol. The zero-order valence-electron chi connectivity index (χ0n) is 11.3. The predicted octanol–water partition coefficient (Wildman–Crippen LogP) is 3.97. The smallest absolute Gasteiger partial charge is 0.232 e. The highest BCUT2D eigenvalue weighted by atomic mass is 35.5. The second kappa shape index (κ2) is 7.20. The van der Waals surface area contributed by atoms with Crippen LogP contribution < -0.4 is 0 Å². The van der Waals surface area contributed by atoms with Crippen molar-refractivity contribution in [2.75, 3.05) is 12.3 Å². The van der Waals surface area contributed by atoms with Gasteiger partial charge in [-0.3, -0.25) is 4.79 Å². The van der Waals surface area contributed by atoms with E-state index in [9.17, 15) is 4.79 Å². The standard InChI is InChI=1S/C15H20ClNOS/c1-12-4-2-3-9-17(12)15(18)11-19-10-13-5-7-14(16)8-6-13/h5-8,12H,2-4,9-11H2,1H3. The number of nitrogens with zero attached hydrogens (tertiary/aromatic N) is 1. The molecule has 1 unspecified atom stereocenters. The van der Waals surface area contributed by atoms with Crippen molar-refractivity contribution in [2.45, 2.75) is 38.0 Å². The first kappa shape index (κ1) is 14.7. The molecule has 1 aromatic carbocycles. The maximum absolute atomic E-state index is 12.1. The van der Waals surface area contributed by atoms with E-state index in [2.05, 4.69) is 6.92 Å². The summed E-state index contributed by atoms with van der Waals surface area (Å²) >= 11 is 7.53. The summed E-state index contributed by atoms with van der Waals surface area (Å²) in [6.07, 6.45) is 3.55. The highest BCUT2D eigenvalue weighted by Crippen LogP contribution is 2.20. The van der Waals surface area contributed by atoms with Gasteiger partial charge in [0.15, 0.2) is 0 Å². The Bertz CT molecular complexity index is 421. The third-order valence-corrected chi connectivity index (χ3v) is 4.77. The van der Waals surface area contributed by atoms with Crippen LogP contribution in [0, 0.1) is 0 Å². The Morgan fingerprint density at radius 3 is 2.79 bits per heavy atom. The van der Waals surface area contributed by atoms with Gasteiger partial charge < -0.3 is 4.90 Å². The molecule has 0 aromatic heterocycles. The van der Waals surface area contributed by atoms with Crippen molar-refractivity contribution >= 4 is 29.3 Å². The SMILES string of the molecule is CC1CCCCN1C(=O)CSCc1ccc(Cl)cc1. The minimum atomic E-state index is 0.283. The summed E-state index contributed by atoms with van der Waals surface area (Å²) in [5.74, 6) is 1.73. The van der Waals surface area contributed by atoms with Gasteiger partial charge in [0.25, 0.3) is 0 Å². The Morgan fingerprint density at radius 1 is 1.37 bits per heavy atom. The topological polar surface area (TPSA) is 20.3 Å². The molecule has 104 valence electrons. The number of piperidine rings is 1. The Hall–Kier alpha value is -0.670. The number of halogens is 1. The van der Waals surface area contributed by atoms with E-state index in [1.54, 1.807) is 11.8 Å². The fourth-order valence-electron chi connectivity index (χ4n) is 2.39. The summed E-state index contributed by atoms with van der Waals surface area (Å²) in [6, 6.07) is 8.24. The summed E-state index contributed by atoms with van der Waals surface area (Å²) in [4.78, 5) is 14.2. The van der Waals surface area contributed by atoms with Crippen molar-refractivity contribution in [3.63, 3.8) is 0 Å². The van der Waals surface area contributed by atoms with Gasteiger partial charge in [0.05, 0.1) is 5.75 Å². The van der Waals surface area contributed by atoms with Crippen LogP contribution in [0.1, 0.15) is 31.7 Å². The summed E-state index contributed by atoms with van der Waals surface area (Å²) in [5, 5.41) is 0.756. The van der Waals surface area contributed by atoms with Crippen LogP contribution in [0.25, 0.3) is 0 Å². The quantitative estimate of drug-likeness (QED) is 0.838. The second-order valence-electron chi connectivity index (χ2n) is 5.05. The van der Waals surface area contributed by atoms with Gasteiger partial charge in [0.2, 0.25) is 5.91 Å². The van der Waals surface area contributed by atoms with E-state index < -0.39 is 0 Å². The van der Waals surface area contributed by atoms with Gasteiger partial charge in [0.1, 0.15) is 0 Å². The molecule has 0 N–H and O–H groups in total. The van der Waals surface area contributed by atoms with Gasteiger partial charge in [-0.1, -0.05) is 23.7 Å². The summed E-state index contributed by atoms with van der Waals surface area (Å²) in [7, 11) is 0. The average molecular weight is 298 g/mol. The van der Waals surface area contributed by atoms with Crippen molar-refractivity contribution in [2.24, 2.45) is 0 Å². The molecule has 1 fully saturated rings. The molecule has 1 saturated heterocycles. The van der Waals surface area contributed by atoms with E-state index in [4.69, 9.17) is 11.6 Å². The molecule has 0 bridgehead atoms. The van der Waals surface area contributed by atoms with Crippen LogP contribution in [0.5, 0.6) is 0 Å². The molecule has 1 aromatic rings. The molecule has 1 aliphatic heterocycles. The number of hydrogen-bond acceptors (Lipinski definition) is 2. The van der Waals surface area contributed by atoms with E-state index in [0.717, 1.165) is 30.2 Å². The minimum Gasteiger partial charge on any atom is -0.339 e. The Labute approximate surface area is 124 Å². The molecule has 0 aliphatic carbocycles. The van der Waals surface area contributed by atoms with Crippen molar-refractivity contribution in [1.82, 2.24) is 4.90 Å². The molecule has 1 amide bonds. The minimum absolute atomic E-state index is 0.283. The van der Waals surface area contributed by atoms with Crippen LogP contribution in [0.4, 0.5) is 0 Å². The van der Waals surface area contributed by atoms with E-state index in [1.807, 2.05) is 29.2 Å². The van der Waals surface area contributed by atoms with Gasteiger partial charge in [0, 0.05) is 23.4 Å². The number of carbonyl (C=O) groups is 1. The van der Waals surface area contributed by atoms with Crippen LogP contribution in [0.3, 0.4) is 0 Å². The molecule has 0 saturated carbocycles. The van der Waals surface area contributed by atoms with Crippen molar-refractivity contribution in [3.8, 4) is 0 Å². The number of benzene rings is 1. The third kappa shape index (κ3) is 4.43. The maximum Gasteiger partial charge on any atom is 0.232 e. The van der Waals surface area contributed by atoms with Gasteiger partial charge >= 0.3 is 0 Å². The molecule has 0 spiro atoms. The molecule has 1 aliphatic rings. The molecular formula is C15H20ClNOS. The summed E-state index contributed by atoms with van der Waals surface area (Å²) in [5.41, 5.74) is 1.22. The Morgan fingerprint density at radius 2 is 2.11 bits per heavy atom. The molecule has 19 heavy (non-hydrogen) atoms. The fourth-order valence-corrected chi connectivity index (χ4v) is 3.39. The summed E-state index contributed by atoms with van der Waals surface area (Å²) < 4.78 is 0. The zero-order valence-corrected chi connectivity index (χ0v) is 12.8. The maximum atomic E-state index is 12.1. The van der Waals surface area contributed by atoms with E-state index in [-0.39, 0.29) is 5.91 Å². The van der Waals surface area contributed by atoms with E-state index in [0.29, 0.717) is 11.8 Å². The third-order valence-electron chi connectivity index (χ3n) is 3.53. The number of likely N-dealkylation sites (tertiary alicyclic amines) is 1. The van der Waals surface area contributed by atoms with Crippen molar-refractivity contribution in [3.05, 3.63) is 34.9 Å². The molecule has 1 heterocycles. The highest BCUT2D eigenvalue weighted by molar-refractivity contribution is 7.99. The molecule has 1 atom stereocenters. The number of hydrogen-bond donors (Lipinski definition) is 0. The molecule has 2 nitrogen and oxygen atoms in total. The van der Waals surface area contributed by atoms with Crippen LogP contribution in [-0.4, -0.2) is 29.1 Å². The lowest BCUT2D eigenvalue weighted by atomic mass is 10.0. The van der Waals surface area contributed by atoms with Crippen LogP contribution >= 0.6 is 23.4 Å². The van der Waals surface area contributed by atoms with Gasteiger partial charge in [-0.05, 0) is 43.9 Å². The lowest BCUT2D eigenvalue weighted by Crippen LogP contribution is -2.42. The Balaban J connectivity index is 1.75. The first-order valence-corrected chi connectivity index (χ1v) is 8.32. The number of thioether (sulfide) groups is 1. The second-order valence-corrected chi connectivity index (χ2v) is 6.47. The molecule has 0 radical (unpaired) electrons. The number of carbonyl (C=O) groups excluding carboxylic acids is 1. The van der Waals surface area contributed by atoms with Crippen molar-refractivity contribution in [1.29, 1.82) is 0 Å². The fraction of sp³-hybridized carbons (Fsp3) is 0.533. The molecule has 4 heteroatoms. The normalized spacial score (nSPS) is 19.5. The van der Waals surface area contributed by atoms with Crippen LogP contribution in [0.15, 0.2) is 24.3 Å². The first-order valence-electron chi connectivity index (χ1n) is 6.78. The van der Waals surface area contributed by atoms with Gasteiger partial charge in [-0.2, -0.15) is 0 Å². The highest BCUT2D eigenvalue weighted by Gasteiger charge is 2.22. The lowest BCUT2D eigenvalue weighted by Gasteiger charge is -2.33. The van der Waals surface area contributed by atoms with E-state index >= 15 is 0 Å². The average Bonchev–Trinajstić information content (AvgIpc) is 2.41. The van der Waals surface area contributed by atoms with Gasteiger partial charge in [-0.15, -0.1) is 11.8 Å². The first-order chi connectivity index (χ1) is 9.16.